The molecule has 3 N–H and O–H groups in total. The van der Waals surface area contributed by atoms with Crippen LogP contribution in [0.1, 0.15) is 22.8 Å². The fourth-order valence-electron chi connectivity index (χ4n) is 2.03. The Labute approximate surface area is 138 Å². The molecule has 0 saturated carbocycles. The average Bonchev–Trinajstić information content (AvgIpc) is 2.54. The zero-order chi connectivity index (χ0) is 18.0. The predicted molar refractivity (Wildman–Crippen MR) is 84.6 cm³/mol. The molecule has 0 aromatic heterocycles. The first kappa shape index (κ1) is 18.1. The smallest absolute Gasteiger partial charge is 0.335 e. The van der Waals surface area contributed by atoms with Gasteiger partial charge in [-0.3, -0.25) is 0 Å². The molecule has 1 unspecified atom stereocenters. The van der Waals surface area contributed by atoms with Crippen molar-refractivity contribution in [3.05, 3.63) is 65.5 Å². The Morgan fingerprint density at radius 2 is 1.83 bits per heavy atom. The number of sulfonamides is 1. The summed E-state index contributed by atoms with van der Waals surface area (Å²) in [5.41, 5.74) is -1.39. The minimum atomic E-state index is -4.01. The standard InChI is InChI=1S/C16H16FNO5S/c1-16(21,12-5-7-13(17)8-6-12)10-18-24(22,23)14-4-2-3-11(9-14)15(19)20/h2-9,18,21H,10H2,1H3,(H,19,20). The third-order valence-corrected chi connectivity index (χ3v) is 4.86. The molecule has 0 bridgehead atoms. The Morgan fingerprint density at radius 1 is 1.21 bits per heavy atom. The molecule has 0 aliphatic carbocycles. The van der Waals surface area contributed by atoms with Crippen molar-refractivity contribution in [2.75, 3.05) is 6.54 Å². The molecule has 8 heteroatoms. The van der Waals surface area contributed by atoms with E-state index in [-0.39, 0.29) is 17.0 Å². The van der Waals surface area contributed by atoms with E-state index in [4.69, 9.17) is 5.11 Å². The molecular weight excluding hydrogens is 337 g/mol. The van der Waals surface area contributed by atoms with E-state index < -0.39 is 27.4 Å². The number of aliphatic hydroxyl groups is 1. The number of rotatable bonds is 6. The van der Waals surface area contributed by atoms with Gasteiger partial charge in [0.05, 0.1) is 10.5 Å². The van der Waals surface area contributed by atoms with Crippen LogP contribution in [0.4, 0.5) is 4.39 Å². The molecule has 0 aliphatic rings. The van der Waals surface area contributed by atoms with Gasteiger partial charge in [-0.2, -0.15) is 0 Å². The van der Waals surface area contributed by atoms with E-state index in [1.165, 1.54) is 37.3 Å². The maximum absolute atomic E-state index is 12.9. The van der Waals surface area contributed by atoms with Crippen molar-refractivity contribution in [3.8, 4) is 0 Å². The van der Waals surface area contributed by atoms with Crippen LogP contribution in [0.3, 0.4) is 0 Å². The van der Waals surface area contributed by atoms with Gasteiger partial charge in [0, 0.05) is 6.54 Å². The van der Waals surface area contributed by atoms with Crippen LogP contribution in [0.5, 0.6) is 0 Å². The summed E-state index contributed by atoms with van der Waals surface area (Å²) in [5, 5.41) is 19.3. The van der Waals surface area contributed by atoms with Crippen LogP contribution in [-0.2, 0) is 15.6 Å². The monoisotopic (exact) mass is 353 g/mol. The Hall–Kier alpha value is -2.29. The molecule has 2 aromatic carbocycles. The third-order valence-electron chi connectivity index (χ3n) is 3.46. The number of carbonyl (C=O) groups is 1. The van der Waals surface area contributed by atoms with Gasteiger partial charge in [-0.05, 0) is 42.8 Å². The maximum Gasteiger partial charge on any atom is 0.335 e. The lowest BCUT2D eigenvalue weighted by molar-refractivity contribution is 0.0626. The molecule has 0 fully saturated rings. The predicted octanol–water partition coefficient (Wildman–Crippen LogP) is 1.71. The third kappa shape index (κ3) is 4.16. The van der Waals surface area contributed by atoms with Gasteiger partial charge in [0.15, 0.2) is 0 Å². The Morgan fingerprint density at radius 3 is 2.42 bits per heavy atom. The molecule has 0 spiro atoms. The normalized spacial score (nSPS) is 14.1. The van der Waals surface area contributed by atoms with Crippen molar-refractivity contribution < 1.29 is 27.8 Å². The largest absolute Gasteiger partial charge is 0.478 e. The quantitative estimate of drug-likeness (QED) is 0.733. The number of aromatic carboxylic acids is 1. The lowest BCUT2D eigenvalue weighted by Gasteiger charge is -2.24. The molecule has 0 aliphatic heterocycles. The maximum atomic E-state index is 12.9. The highest BCUT2D eigenvalue weighted by Crippen LogP contribution is 2.21. The average molecular weight is 353 g/mol. The molecule has 128 valence electrons. The van der Waals surface area contributed by atoms with Crippen LogP contribution in [0.2, 0.25) is 0 Å². The van der Waals surface area contributed by atoms with Gasteiger partial charge in [-0.15, -0.1) is 0 Å². The summed E-state index contributed by atoms with van der Waals surface area (Å²) in [6.07, 6.45) is 0. The minimum Gasteiger partial charge on any atom is -0.478 e. The van der Waals surface area contributed by atoms with Crippen molar-refractivity contribution in [3.63, 3.8) is 0 Å². The van der Waals surface area contributed by atoms with Crippen LogP contribution in [0, 0.1) is 5.82 Å². The van der Waals surface area contributed by atoms with Gasteiger partial charge < -0.3 is 10.2 Å². The number of halogens is 1. The number of hydrogen-bond acceptors (Lipinski definition) is 4. The molecule has 0 saturated heterocycles. The second-order valence-corrected chi connectivity index (χ2v) is 7.21. The second-order valence-electron chi connectivity index (χ2n) is 5.44. The van der Waals surface area contributed by atoms with Crippen molar-refractivity contribution in [2.45, 2.75) is 17.4 Å². The molecule has 0 amide bonds. The lowest BCUT2D eigenvalue weighted by Crippen LogP contribution is -2.38. The first-order chi connectivity index (χ1) is 11.1. The van der Waals surface area contributed by atoms with Gasteiger partial charge in [0.25, 0.3) is 0 Å². The van der Waals surface area contributed by atoms with Crippen LogP contribution < -0.4 is 4.72 Å². The number of carboxylic acid groups (broad SMARTS) is 1. The molecule has 0 heterocycles. The van der Waals surface area contributed by atoms with E-state index in [0.717, 1.165) is 18.2 Å². The fraction of sp³-hybridized carbons (Fsp3) is 0.188. The topological polar surface area (TPSA) is 104 Å². The van der Waals surface area contributed by atoms with Crippen molar-refractivity contribution in [1.29, 1.82) is 0 Å². The van der Waals surface area contributed by atoms with Crippen LogP contribution in [-0.4, -0.2) is 31.1 Å². The van der Waals surface area contributed by atoms with E-state index in [2.05, 4.69) is 4.72 Å². The fourth-order valence-corrected chi connectivity index (χ4v) is 3.20. The molecule has 0 radical (unpaired) electrons. The number of nitrogens with one attached hydrogen (secondary N) is 1. The lowest BCUT2D eigenvalue weighted by atomic mass is 9.96. The highest BCUT2D eigenvalue weighted by molar-refractivity contribution is 7.89. The summed E-state index contributed by atoms with van der Waals surface area (Å²) in [6.45, 7) is 1.02. The number of benzene rings is 2. The van der Waals surface area contributed by atoms with Crippen molar-refractivity contribution >= 4 is 16.0 Å². The minimum absolute atomic E-state index is 0.164. The second kappa shape index (κ2) is 6.68. The van der Waals surface area contributed by atoms with Gasteiger partial charge >= 0.3 is 5.97 Å². The number of hydrogen-bond donors (Lipinski definition) is 3. The first-order valence-electron chi connectivity index (χ1n) is 6.93. The van der Waals surface area contributed by atoms with Gasteiger partial charge in [-0.25, -0.2) is 22.3 Å². The summed E-state index contributed by atoms with van der Waals surface area (Å²) < 4.78 is 39.7. The summed E-state index contributed by atoms with van der Waals surface area (Å²) in [5.74, 6) is -1.72. The van der Waals surface area contributed by atoms with Crippen LogP contribution in [0.15, 0.2) is 53.4 Å². The van der Waals surface area contributed by atoms with Gasteiger partial charge in [0.1, 0.15) is 11.4 Å². The first-order valence-corrected chi connectivity index (χ1v) is 8.41. The summed E-state index contributed by atoms with van der Waals surface area (Å²) in [4.78, 5) is 10.7. The summed E-state index contributed by atoms with van der Waals surface area (Å²) >= 11 is 0. The van der Waals surface area contributed by atoms with E-state index in [0.29, 0.717) is 5.56 Å². The SMILES string of the molecule is CC(O)(CNS(=O)(=O)c1cccc(C(=O)O)c1)c1ccc(F)cc1. The molecule has 1 atom stereocenters. The van der Waals surface area contributed by atoms with E-state index >= 15 is 0 Å². The Bertz CT molecular complexity index is 847. The van der Waals surface area contributed by atoms with Gasteiger partial charge in [0.2, 0.25) is 10.0 Å². The van der Waals surface area contributed by atoms with Crippen LogP contribution in [0.25, 0.3) is 0 Å². The molecule has 24 heavy (non-hydrogen) atoms. The highest BCUT2D eigenvalue weighted by Gasteiger charge is 2.26. The zero-order valence-corrected chi connectivity index (χ0v) is 13.5. The van der Waals surface area contributed by atoms with E-state index in [1.54, 1.807) is 0 Å². The Balaban J connectivity index is 2.19. The van der Waals surface area contributed by atoms with E-state index in [1.807, 2.05) is 0 Å². The van der Waals surface area contributed by atoms with Gasteiger partial charge in [-0.1, -0.05) is 18.2 Å². The van der Waals surface area contributed by atoms with Crippen molar-refractivity contribution in [1.82, 2.24) is 4.72 Å². The molecule has 2 rings (SSSR count). The zero-order valence-electron chi connectivity index (χ0n) is 12.7. The summed E-state index contributed by atoms with van der Waals surface area (Å²) in [6, 6.07) is 9.90. The Kier molecular flexibility index (Phi) is 5.02. The number of carboxylic acids is 1. The van der Waals surface area contributed by atoms with Crippen LogP contribution >= 0.6 is 0 Å². The molecule has 6 nitrogen and oxygen atoms in total. The van der Waals surface area contributed by atoms with E-state index in [9.17, 15) is 22.7 Å². The summed E-state index contributed by atoms with van der Waals surface area (Å²) in [7, 11) is -4.01. The van der Waals surface area contributed by atoms with Crippen molar-refractivity contribution in [2.24, 2.45) is 0 Å². The highest BCUT2D eigenvalue weighted by atomic mass is 32.2. The molecular formula is C16H16FNO5S. The molecule has 2 aromatic rings.